The quantitative estimate of drug-likeness (QED) is 0.491. The first kappa shape index (κ1) is 13.8. The fourth-order valence-corrected chi connectivity index (χ4v) is 2.46. The van der Waals surface area contributed by atoms with Crippen LogP contribution in [0.3, 0.4) is 0 Å². The van der Waals surface area contributed by atoms with Crippen molar-refractivity contribution in [1.82, 2.24) is 9.78 Å². The molecule has 0 atom stereocenters. The third-order valence-electron chi connectivity index (χ3n) is 2.76. The minimum absolute atomic E-state index is 0.00506. The Hall–Kier alpha value is -1.59. The number of nitrogens with zero attached hydrogens (tertiary/aromatic N) is 3. The number of hydrogen-bond donors (Lipinski definition) is 0. The van der Waals surface area contributed by atoms with E-state index in [-0.39, 0.29) is 11.6 Å². The van der Waals surface area contributed by atoms with Crippen molar-refractivity contribution >= 4 is 28.9 Å². The SMILES string of the molecule is CCc1nn(-c2cccc([N+](=O)[O-])c2)c(Cl)c1CCl. The molecular formula is C12H11Cl2N3O2. The van der Waals surface area contributed by atoms with Crippen LogP contribution in [-0.4, -0.2) is 14.7 Å². The number of benzene rings is 1. The third kappa shape index (κ3) is 2.57. The highest BCUT2D eigenvalue weighted by molar-refractivity contribution is 6.31. The number of halogens is 2. The summed E-state index contributed by atoms with van der Waals surface area (Å²) in [5.74, 6) is 0.261. The minimum Gasteiger partial charge on any atom is -0.258 e. The van der Waals surface area contributed by atoms with E-state index in [1.807, 2.05) is 6.92 Å². The minimum atomic E-state index is -0.454. The van der Waals surface area contributed by atoms with Gasteiger partial charge in [-0.05, 0) is 12.5 Å². The van der Waals surface area contributed by atoms with Gasteiger partial charge in [-0.15, -0.1) is 11.6 Å². The van der Waals surface area contributed by atoms with E-state index in [0.717, 1.165) is 11.3 Å². The molecule has 0 N–H and O–H groups in total. The zero-order valence-electron chi connectivity index (χ0n) is 10.1. The van der Waals surface area contributed by atoms with Gasteiger partial charge < -0.3 is 0 Å². The molecule has 7 heteroatoms. The summed E-state index contributed by atoms with van der Waals surface area (Å²) in [5, 5.41) is 15.5. The maximum Gasteiger partial charge on any atom is 0.271 e. The number of rotatable bonds is 4. The second-order valence-electron chi connectivity index (χ2n) is 3.89. The Morgan fingerprint density at radius 2 is 2.21 bits per heavy atom. The third-order valence-corrected chi connectivity index (χ3v) is 3.41. The van der Waals surface area contributed by atoms with Gasteiger partial charge in [-0.25, -0.2) is 4.68 Å². The summed E-state index contributed by atoms with van der Waals surface area (Å²) in [6.07, 6.45) is 0.698. The van der Waals surface area contributed by atoms with Crippen LogP contribution in [0.2, 0.25) is 5.15 Å². The molecule has 0 aliphatic rings. The number of hydrogen-bond acceptors (Lipinski definition) is 3. The van der Waals surface area contributed by atoms with Gasteiger partial charge in [0, 0.05) is 17.7 Å². The van der Waals surface area contributed by atoms with Crippen molar-refractivity contribution in [2.24, 2.45) is 0 Å². The summed E-state index contributed by atoms with van der Waals surface area (Å²) in [6, 6.07) is 6.15. The summed E-state index contributed by atoms with van der Waals surface area (Å²) in [5.41, 5.74) is 2.10. The molecule has 19 heavy (non-hydrogen) atoms. The van der Waals surface area contributed by atoms with E-state index in [9.17, 15) is 10.1 Å². The van der Waals surface area contributed by atoms with E-state index in [2.05, 4.69) is 5.10 Å². The fourth-order valence-electron chi connectivity index (χ4n) is 1.80. The second kappa shape index (κ2) is 5.59. The summed E-state index contributed by atoms with van der Waals surface area (Å²) in [6.45, 7) is 1.95. The van der Waals surface area contributed by atoms with E-state index in [0.29, 0.717) is 17.3 Å². The largest absolute Gasteiger partial charge is 0.271 e. The molecule has 0 radical (unpaired) electrons. The van der Waals surface area contributed by atoms with Crippen LogP contribution in [0.1, 0.15) is 18.2 Å². The first-order valence-corrected chi connectivity index (χ1v) is 6.56. The van der Waals surface area contributed by atoms with Crippen LogP contribution in [0.5, 0.6) is 0 Å². The van der Waals surface area contributed by atoms with Crippen LogP contribution in [0.15, 0.2) is 24.3 Å². The van der Waals surface area contributed by atoms with Crippen molar-refractivity contribution in [3.8, 4) is 5.69 Å². The van der Waals surface area contributed by atoms with Crippen LogP contribution >= 0.6 is 23.2 Å². The topological polar surface area (TPSA) is 61.0 Å². The summed E-state index contributed by atoms with van der Waals surface area (Å²) < 4.78 is 1.48. The van der Waals surface area contributed by atoms with Crippen LogP contribution in [0.4, 0.5) is 5.69 Å². The molecule has 0 fully saturated rings. The Bertz CT molecular complexity index is 625. The second-order valence-corrected chi connectivity index (χ2v) is 4.52. The molecule has 0 bridgehead atoms. The van der Waals surface area contributed by atoms with Crippen molar-refractivity contribution in [3.05, 3.63) is 50.8 Å². The highest BCUT2D eigenvalue weighted by Gasteiger charge is 2.16. The number of aryl methyl sites for hydroxylation is 1. The molecule has 0 aliphatic heterocycles. The lowest BCUT2D eigenvalue weighted by molar-refractivity contribution is -0.384. The van der Waals surface area contributed by atoms with E-state index >= 15 is 0 Å². The molecule has 2 rings (SSSR count). The average molecular weight is 300 g/mol. The van der Waals surface area contributed by atoms with Gasteiger partial charge in [0.05, 0.1) is 22.2 Å². The molecule has 1 heterocycles. The molecule has 0 saturated heterocycles. The van der Waals surface area contributed by atoms with E-state index in [1.165, 1.54) is 16.8 Å². The first-order chi connectivity index (χ1) is 9.08. The van der Waals surface area contributed by atoms with E-state index in [4.69, 9.17) is 23.2 Å². The van der Waals surface area contributed by atoms with E-state index in [1.54, 1.807) is 12.1 Å². The lowest BCUT2D eigenvalue weighted by Crippen LogP contribution is -1.98. The van der Waals surface area contributed by atoms with Crippen molar-refractivity contribution < 1.29 is 4.92 Å². The number of aromatic nitrogens is 2. The summed E-state index contributed by atoms with van der Waals surface area (Å²) in [4.78, 5) is 10.3. The Kier molecular flexibility index (Phi) is 4.07. The molecule has 100 valence electrons. The van der Waals surface area contributed by atoms with E-state index < -0.39 is 4.92 Å². The van der Waals surface area contributed by atoms with Gasteiger partial charge in [0.1, 0.15) is 5.15 Å². The van der Waals surface area contributed by atoms with Crippen molar-refractivity contribution in [2.45, 2.75) is 19.2 Å². The first-order valence-electron chi connectivity index (χ1n) is 5.65. The monoisotopic (exact) mass is 299 g/mol. The number of alkyl halides is 1. The predicted octanol–water partition coefficient (Wildman–Crippen LogP) is 3.74. The Labute approximate surface area is 119 Å². The van der Waals surface area contributed by atoms with Gasteiger partial charge in [-0.1, -0.05) is 24.6 Å². The lowest BCUT2D eigenvalue weighted by Gasteiger charge is -2.02. The number of nitro groups is 1. The Balaban J connectivity index is 2.56. The van der Waals surface area contributed by atoms with Gasteiger partial charge in [0.25, 0.3) is 5.69 Å². The van der Waals surface area contributed by atoms with Crippen LogP contribution < -0.4 is 0 Å². The molecule has 5 nitrogen and oxygen atoms in total. The average Bonchev–Trinajstić information content (AvgIpc) is 2.75. The molecule has 1 aromatic carbocycles. The maximum absolute atomic E-state index is 10.8. The molecule has 0 unspecified atom stereocenters. The Morgan fingerprint density at radius 1 is 1.47 bits per heavy atom. The highest BCUT2D eigenvalue weighted by Crippen LogP contribution is 2.27. The van der Waals surface area contributed by atoms with Crippen LogP contribution in [0, 0.1) is 10.1 Å². The summed E-state index contributed by atoms with van der Waals surface area (Å²) >= 11 is 12.1. The van der Waals surface area contributed by atoms with Crippen molar-refractivity contribution in [3.63, 3.8) is 0 Å². The molecule has 0 aliphatic carbocycles. The van der Waals surface area contributed by atoms with Gasteiger partial charge in [0.15, 0.2) is 0 Å². The highest BCUT2D eigenvalue weighted by atomic mass is 35.5. The molecule has 0 saturated carbocycles. The molecular weight excluding hydrogens is 289 g/mol. The van der Waals surface area contributed by atoms with Gasteiger partial charge in [-0.2, -0.15) is 5.10 Å². The smallest absolute Gasteiger partial charge is 0.258 e. The van der Waals surface area contributed by atoms with Gasteiger partial charge in [-0.3, -0.25) is 10.1 Å². The zero-order chi connectivity index (χ0) is 14.0. The van der Waals surface area contributed by atoms with Gasteiger partial charge >= 0.3 is 0 Å². The Morgan fingerprint density at radius 3 is 2.74 bits per heavy atom. The number of non-ortho nitro benzene ring substituents is 1. The van der Waals surface area contributed by atoms with Crippen molar-refractivity contribution in [1.29, 1.82) is 0 Å². The standard InChI is InChI=1S/C12H11Cl2N3O2/c1-2-11-10(7-13)12(14)16(15-11)8-4-3-5-9(6-8)17(18)19/h3-6H,2,7H2,1H3. The molecule has 2 aromatic rings. The normalized spacial score (nSPS) is 10.7. The molecule has 0 amide bonds. The molecule has 1 aromatic heterocycles. The number of nitro benzene ring substituents is 1. The fraction of sp³-hybridized carbons (Fsp3) is 0.250. The lowest BCUT2D eigenvalue weighted by atomic mass is 10.2. The van der Waals surface area contributed by atoms with Crippen LogP contribution in [-0.2, 0) is 12.3 Å². The summed E-state index contributed by atoms with van der Waals surface area (Å²) in [7, 11) is 0. The van der Waals surface area contributed by atoms with Crippen molar-refractivity contribution in [2.75, 3.05) is 0 Å². The molecule has 0 spiro atoms. The van der Waals surface area contributed by atoms with Gasteiger partial charge in [0.2, 0.25) is 0 Å². The zero-order valence-corrected chi connectivity index (χ0v) is 11.6. The van der Waals surface area contributed by atoms with Crippen LogP contribution in [0.25, 0.3) is 5.69 Å². The predicted molar refractivity (Wildman–Crippen MR) is 74.2 cm³/mol. The maximum atomic E-state index is 10.8.